The Morgan fingerprint density at radius 1 is 0.971 bits per heavy atom. The van der Waals surface area contributed by atoms with Crippen molar-refractivity contribution < 1.29 is 14.0 Å². The van der Waals surface area contributed by atoms with Gasteiger partial charge >= 0.3 is 0 Å². The summed E-state index contributed by atoms with van der Waals surface area (Å²) in [7, 11) is -2.65. The first-order valence-electron chi connectivity index (χ1n) is 12.8. The van der Waals surface area contributed by atoms with Crippen LogP contribution in [0.3, 0.4) is 0 Å². The molecule has 1 aromatic carbocycles. The van der Waals surface area contributed by atoms with Crippen LogP contribution in [0.1, 0.15) is 72.5 Å². The first-order chi connectivity index (χ1) is 16.3. The highest BCUT2D eigenvalue weighted by molar-refractivity contribution is 6.79. The van der Waals surface area contributed by atoms with Crippen molar-refractivity contribution in [3.05, 3.63) is 58.7 Å². The topological polar surface area (TPSA) is 43.4 Å². The van der Waals surface area contributed by atoms with E-state index in [2.05, 4.69) is 71.9 Å². The average Bonchev–Trinajstić information content (AvgIpc) is 2.94. The van der Waals surface area contributed by atoms with Gasteiger partial charge in [0, 0.05) is 12.0 Å². The minimum atomic E-state index is -2.65. The van der Waals surface area contributed by atoms with Gasteiger partial charge < -0.3 is 4.43 Å². The van der Waals surface area contributed by atoms with Crippen LogP contribution in [0.4, 0.5) is 0 Å². The molecule has 6 heteroatoms. The predicted octanol–water partition coefficient (Wildman–Crippen LogP) is 8.14. The summed E-state index contributed by atoms with van der Waals surface area (Å²) in [4.78, 5) is 26.3. The van der Waals surface area contributed by atoms with Gasteiger partial charge in [0.05, 0.1) is 17.1 Å². The second-order valence-corrected chi connectivity index (χ2v) is 18.7. The minimum absolute atomic E-state index is 0.00779. The maximum atomic E-state index is 13.5. The smallest absolute Gasteiger partial charge is 0.204 e. The van der Waals surface area contributed by atoms with Crippen molar-refractivity contribution in [2.24, 2.45) is 17.8 Å². The molecule has 1 heterocycles. The summed E-state index contributed by atoms with van der Waals surface area (Å²) in [6, 6.07) is 11.3. The molecule has 0 unspecified atom stereocenters. The Bertz CT molecular complexity index is 1030. The SMILES string of the molecule is CC(C)(C)[Si]1(C(C)(C)C)C[C@H]([C@H]2C(=O)C(Cl)=CC(=O)[C@@H]2Cl)C2=CCCC[C@@H]2[C@@H](c2ccccc2)O1. The van der Waals surface area contributed by atoms with Crippen molar-refractivity contribution in [2.45, 2.75) is 88.4 Å². The molecule has 1 fully saturated rings. The maximum absolute atomic E-state index is 13.5. The molecule has 0 aromatic heterocycles. The maximum Gasteiger partial charge on any atom is 0.204 e. The highest BCUT2D eigenvalue weighted by Gasteiger charge is 2.62. The number of halogens is 2. The number of fused-ring (bicyclic) bond motifs is 1. The van der Waals surface area contributed by atoms with Crippen LogP contribution < -0.4 is 0 Å². The van der Waals surface area contributed by atoms with Crippen LogP contribution in [-0.2, 0) is 14.0 Å². The lowest BCUT2D eigenvalue weighted by Gasteiger charge is -2.53. The molecule has 4 rings (SSSR count). The highest BCUT2D eigenvalue weighted by atomic mass is 35.5. The lowest BCUT2D eigenvalue weighted by molar-refractivity contribution is -0.125. The molecule has 0 spiro atoms. The molecule has 0 N–H and O–H groups in total. The van der Waals surface area contributed by atoms with E-state index < -0.39 is 19.6 Å². The second kappa shape index (κ2) is 9.59. The Morgan fingerprint density at radius 2 is 1.60 bits per heavy atom. The monoisotopic (exact) mass is 532 g/mol. The van der Waals surface area contributed by atoms with E-state index >= 15 is 0 Å². The molecular weight excluding hydrogens is 495 g/mol. The number of hydrogen-bond donors (Lipinski definition) is 0. The molecule has 5 atom stereocenters. The van der Waals surface area contributed by atoms with Crippen LogP contribution in [0, 0.1) is 17.8 Å². The standard InChI is InChI=1S/C29H38Cl2O3Si/c1-28(2,3)35(29(4,5)6)17-21(24-25(31)23(32)16-22(30)26(24)33)19-14-10-11-15-20(19)27(34-35)18-12-8-7-9-13-18/h7-9,12-14,16,20-21,24-25,27H,10-11,15,17H2,1-6H3/t20-,21-,24+,25-,27+/m0/s1. The highest BCUT2D eigenvalue weighted by Crippen LogP contribution is 2.62. The van der Waals surface area contributed by atoms with Crippen molar-refractivity contribution in [1.29, 1.82) is 0 Å². The van der Waals surface area contributed by atoms with Crippen molar-refractivity contribution in [2.75, 3.05) is 0 Å². The van der Waals surface area contributed by atoms with E-state index in [1.807, 2.05) is 6.07 Å². The van der Waals surface area contributed by atoms with E-state index in [-0.39, 0.29) is 44.6 Å². The van der Waals surface area contributed by atoms with Gasteiger partial charge in [-0.15, -0.1) is 11.6 Å². The van der Waals surface area contributed by atoms with Crippen LogP contribution in [0.5, 0.6) is 0 Å². The van der Waals surface area contributed by atoms with Gasteiger partial charge in [-0.05, 0) is 46.9 Å². The third kappa shape index (κ3) is 4.65. The van der Waals surface area contributed by atoms with Gasteiger partial charge in [0.25, 0.3) is 0 Å². The zero-order chi connectivity index (χ0) is 25.8. The zero-order valence-corrected chi connectivity index (χ0v) is 24.2. The van der Waals surface area contributed by atoms with Gasteiger partial charge in [-0.1, -0.05) is 95.1 Å². The summed E-state index contributed by atoms with van der Waals surface area (Å²) in [5.41, 5.74) is 2.43. The molecule has 2 aliphatic carbocycles. The van der Waals surface area contributed by atoms with Crippen LogP contribution in [-0.4, -0.2) is 25.3 Å². The normalized spacial score (nSPS) is 31.8. The van der Waals surface area contributed by atoms with E-state index in [1.165, 1.54) is 17.2 Å². The third-order valence-electron chi connectivity index (χ3n) is 8.54. The van der Waals surface area contributed by atoms with E-state index in [9.17, 15) is 9.59 Å². The summed E-state index contributed by atoms with van der Waals surface area (Å²) in [5.74, 6) is -1.15. The van der Waals surface area contributed by atoms with Gasteiger partial charge in [-0.3, -0.25) is 9.59 Å². The Morgan fingerprint density at radius 3 is 2.20 bits per heavy atom. The predicted molar refractivity (Wildman–Crippen MR) is 146 cm³/mol. The van der Waals surface area contributed by atoms with Crippen LogP contribution in [0.2, 0.25) is 16.1 Å². The van der Waals surface area contributed by atoms with Gasteiger partial charge in [-0.2, -0.15) is 0 Å². The summed E-state index contributed by atoms with van der Waals surface area (Å²) >= 11 is 13.1. The minimum Gasteiger partial charge on any atom is -0.408 e. The molecule has 3 nitrogen and oxygen atoms in total. The van der Waals surface area contributed by atoms with Crippen LogP contribution in [0.25, 0.3) is 0 Å². The fraction of sp³-hybridized carbons (Fsp3) is 0.586. The van der Waals surface area contributed by atoms with E-state index in [4.69, 9.17) is 27.6 Å². The number of allylic oxidation sites excluding steroid dienone is 3. The van der Waals surface area contributed by atoms with Crippen LogP contribution >= 0.6 is 23.2 Å². The van der Waals surface area contributed by atoms with Crippen molar-refractivity contribution in [3.63, 3.8) is 0 Å². The lowest BCUT2D eigenvalue weighted by Crippen LogP contribution is -2.56. The summed E-state index contributed by atoms with van der Waals surface area (Å²) in [5, 5.41) is -1.13. The molecule has 35 heavy (non-hydrogen) atoms. The molecule has 1 saturated heterocycles. The molecule has 0 bridgehead atoms. The largest absolute Gasteiger partial charge is 0.408 e. The van der Waals surface area contributed by atoms with Crippen molar-refractivity contribution >= 4 is 43.1 Å². The van der Waals surface area contributed by atoms with E-state index in [0.29, 0.717) is 0 Å². The fourth-order valence-corrected chi connectivity index (χ4v) is 13.7. The van der Waals surface area contributed by atoms with Gasteiger partial charge in [0.1, 0.15) is 5.38 Å². The van der Waals surface area contributed by atoms with Crippen molar-refractivity contribution in [1.82, 2.24) is 0 Å². The summed E-state index contributed by atoms with van der Waals surface area (Å²) in [6.45, 7) is 13.7. The van der Waals surface area contributed by atoms with Crippen LogP contribution in [0.15, 0.2) is 53.1 Å². The fourth-order valence-electron chi connectivity index (χ4n) is 6.95. The first kappa shape index (κ1) is 26.8. The Hall–Kier alpha value is -1.20. The van der Waals surface area contributed by atoms with Gasteiger partial charge in [-0.25, -0.2) is 0 Å². The Kier molecular flexibility index (Phi) is 7.36. The molecule has 190 valence electrons. The number of benzene rings is 1. The number of Topliss-reactive ketones (excluding diaryl/α,β-unsaturated/α-hetero) is 1. The van der Waals surface area contributed by atoms with Crippen molar-refractivity contribution in [3.8, 4) is 0 Å². The van der Waals surface area contributed by atoms with Gasteiger partial charge in [0.15, 0.2) is 11.6 Å². The summed E-state index contributed by atoms with van der Waals surface area (Å²) < 4.78 is 7.54. The number of carbonyl (C=O) groups is 2. The second-order valence-electron chi connectivity index (χ2n) is 12.5. The first-order valence-corrected chi connectivity index (χ1v) is 15.7. The molecule has 1 aromatic rings. The number of rotatable bonds is 2. The third-order valence-corrected chi connectivity index (χ3v) is 15.8. The number of ketones is 2. The Labute approximate surface area is 221 Å². The molecule has 1 aliphatic heterocycles. The number of hydrogen-bond acceptors (Lipinski definition) is 3. The van der Waals surface area contributed by atoms with E-state index in [1.54, 1.807) is 0 Å². The molecule has 0 radical (unpaired) electrons. The Balaban J connectivity index is 1.97. The quantitative estimate of drug-likeness (QED) is 0.219. The number of carbonyl (C=O) groups excluding carboxylic acids is 2. The number of alkyl halides is 1. The summed E-state index contributed by atoms with van der Waals surface area (Å²) in [6.07, 6.45) is 6.48. The molecule has 0 amide bonds. The average molecular weight is 534 g/mol. The van der Waals surface area contributed by atoms with Gasteiger partial charge in [0.2, 0.25) is 8.32 Å². The molecule has 0 saturated carbocycles. The lowest BCUT2D eigenvalue weighted by atomic mass is 9.69. The zero-order valence-electron chi connectivity index (χ0n) is 21.7. The molecule has 3 aliphatic rings. The van der Waals surface area contributed by atoms with E-state index in [0.717, 1.165) is 25.3 Å². The molecular formula is C29H38Cl2O3Si.